The molecule has 2 nitrogen and oxygen atoms in total. The summed E-state index contributed by atoms with van der Waals surface area (Å²) >= 11 is 0. The van der Waals surface area contributed by atoms with Crippen molar-refractivity contribution >= 4 is 0 Å². The molecule has 0 bridgehead atoms. The summed E-state index contributed by atoms with van der Waals surface area (Å²) < 4.78 is 13.5. The van der Waals surface area contributed by atoms with Gasteiger partial charge in [-0.25, -0.2) is 4.39 Å². The molecule has 0 atom stereocenters. The molecular weight excluding hydrogens is 203 g/mol. The van der Waals surface area contributed by atoms with Crippen molar-refractivity contribution in [1.29, 1.82) is 0 Å². The molecule has 0 heterocycles. The Labute approximate surface area is 96.6 Å². The highest BCUT2D eigenvalue weighted by Crippen LogP contribution is 2.12. The van der Waals surface area contributed by atoms with Crippen LogP contribution in [-0.4, -0.2) is 18.5 Å². The van der Waals surface area contributed by atoms with Gasteiger partial charge in [0.2, 0.25) is 0 Å². The van der Waals surface area contributed by atoms with E-state index in [2.05, 4.69) is 6.58 Å². The summed E-state index contributed by atoms with van der Waals surface area (Å²) in [5.41, 5.74) is 8.24. The van der Waals surface area contributed by atoms with E-state index in [9.17, 15) is 4.39 Å². The molecule has 2 N–H and O–H groups in total. The van der Waals surface area contributed by atoms with E-state index in [4.69, 9.17) is 5.73 Å². The lowest BCUT2D eigenvalue weighted by Gasteiger charge is -2.17. The van der Waals surface area contributed by atoms with Crippen LogP contribution in [0.2, 0.25) is 0 Å². The Bertz CT molecular complexity index is 374. The predicted molar refractivity (Wildman–Crippen MR) is 65.4 cm³/mol. The van der Waals surface area contributed by atoms with Crippen LogP contribution in [0.1, 0.15) is 18.1 Å². The normalized spacial score (nSPS) is 10.8. The summed E-state index contributed by atoms with van der Waals surface area (Å²) in [4.78, 5) is 2.03. The summed E-state index contributed by atoms with van der Waals surface area (Å²) in [6.07, 6.45) is 0. The molecule has 0 saturated carbocycles. The first kappa shape index (κ1) is 12.9. The second-order valence-electron chi connectivity index (χ2n) is 4.26. The minimum Gasteiger partial charge on any atom is -0.326 e. The smallest absolute Gasteiger partial charge is 0.127 e. The standard InChI is InChI=1S/C13H19FN2/c1-10(2)8-16(3)9-12-6-11(7-15)4-5-13(12)14/h4-6H,1,7-9,15H2,2-3H3. The third kappa shape index (κ3) is 3.76. The molecular formula is C13H19FN2. The van der Waals surface area contributed by atoms with Gasteiger partial charge in [0.15, 0.2) is 0 Å². The predicted octanol–water partition coefficient (Wildman–Crippen LogP) is 2.29. The van der Waals surface area contributed by atoms with Gasteiger partial charge in [0.05, 0.1) is 0 Å². The van der Waals surface area contributed by atoms with Crippen LogP contribution in [0.5, 0.6) is 0 Å². The van der Waals surface area contributed by atoms with Crippen molar-refractivity contribution in [3.05, 3.63) is 47.3 Å². The van der Waals surface area contributed by atoms with Gasteiger partial charge in [-0.1, -0.05) is 24.3 Å². The SMILES string of the molecule is C=C(C)CN(C)Cc1cc(CN)ccc1F. The molecule has 1 rings (SSSR count). The zero-order chi connectivity index (χ0) is 12.1. The molecule has 0 fully saturated rings. The van der Waals surface area contributed by atoms with Crippen LogP contribution in [0, 0.1) is 5.82 Å². The maximum Gasteiger partial charge on any atom is 0.127 e. The second kappa shape index (κ2) is 5.77. The average Bonchev–Trinajstić information content (AvgIpc) is 2.20. The molecule has 0 saturated heterocycles. The Morgan fingerprint density at radius 3 is 2.75 bits per heavy atom. The van der Waals surface area contributed by atoms with Crippen LogP contribution in [-0.2, 0) is 13.1 Å². The van der Waals surface area contributed by atoms with E-state index in [0.29, 0.717) is 18.7 Å². The van der Waals surface area contributed by atoms with Crippen molar-refractivity contribution in [3.63, 3.8) is 0 Å². The lowest BCUT2D eigenvalue weighted by Crippen LogP contribution is -2.20. The minimum atomic E-state index is -0.175. The largest absolute Gasteiger partial charge is 0.326 e. The van der Waals surface area contributed by atoms with Crippen LogP contribution < -0.4 is 5.73 Å². The fourth-order valence-corrected chi connectivity index (χ4v) is 1.68. The fourth-order valence-electron chi connectivity index (χ4n) is 1.68. The molecule has 3 heteroatoms. The van der Waals surface area contributed by atoms with Crippen LogP contribution in [0.15, 0.2) is 30.4 Å². The van der Waals surface area contributed by atoms with Gasteiger partial charge in [-0.05, 0) is 25.6 Å². The van der Waals surface area contributed by atoms with Crippen molar-refractivity contribution in [2.24, 2.45) is 5.73 Å². The maximum atomic E-state index is 13.5. The average molecular weight is 222 g/mol. The zero-order valence-electron chi connectivity index (χ0n) is 9.96. The molecule has 0 spiro atoms. The Hall–Kier alpha value is -1.19. The summed E-state index contributed by atoms with van der Waals surface area (Å²) in [5.74, 6) is -0.175. The van der Waals surface area contributed by atoms with E-state index < -0.39 is 0 Å². The van der Waals surface area contributed by atoms with Gasteiger partial charge in [0.1, 0.15) is 5.82 Å². The molecule has 0 aromatic heterocycles. The van der Waals surface area contributed by atoms with Crippen LogP contribution in [0.25, 0.3) is 0 Å². The van der Waals surface area contributed by atoms with E-state index in [-0.39, 0.29) is 5.82 Å². The van der Waals surface area contributed by atoms with Gasteiger partial charge in [0.25, 0.3) is 0 Å². The maximum absolute atomic E-state index is 13.5. The second-order valence-corrected chi connectivity index (χ2v) is 4.26. The van der Waals surface area contributed by atoms with E-state index in [1.165, 1.54) is 6.07 Å². The number of hydrogen-bond acceptors (Lipinski definition) is 2. The summed E-state index contributed by atoms with van der Waals surface area (Å²) in [7, 11) is 1.95. The number of halogens is 1. The molecule has 0 amide bonds. The molecule has 1 aromatic rings. The number of likely N-dealkylation sites (N-methyl/N-ethyl adjacent to an activating group) is 1. The van der Waals surface area contributed by atoms with Gasteiger partial charge in [-0.3, -0.25) is 4.90 Å². The third-order valence-electron chi connectivity index (χ3n) is 2.33. The number of nitrogens with two attached hydrogens (primary N) is 1. The van der Waals surface area contributed by atoms with Gasteiger partial charge < -0.3 is 5.73 Å². The van der Waals surface area contributed by atoms with Crippen LogP contribution in [0.4, 0.5) is 4.39 Å². The molecule has 0 aliphatic rings. The first-order chi connectivity index (χ1) is 7.52. The lowest BCUT2D eigenvalue weighted by molar-refractivity contribution is 0.348. The Kier molecular flexibility index (Phi) is 4.65. The number of nitrogens with zero attached hydrogens (tertiary/aromatic N) is 1. The van der Waals surface area contributed by atoms with Gasteiger partial charge in [0, 0.05) is 25.2 Å². The van der Waals surface area contributed by atoms with E-state index in [0.717, 1.165) is 17.7 Å². The summed E-state index contributed by atoms with van der Waals surface area (Å²) in [5, 5.41) is 0. The number of benzene rings is 1. The quantitative estimate of drug-likeness (QED) is 0.774. The van der Waals surface area contributed by atoms with Crippen molar-refractivity contribution in [2.45, 2.75) is 20.0 Å². The molecule has 16 heavy (non-hydrogen) atoms. The van der Waals surface area contributed by atoms with E-state index in [1.54, 1.807) is 6.07 Å². The van der Waals surface area contributed by atoms with Gasteiger partial charge in [-0.2, -0.15) is 0 Å². The van der Waals surface area contributed by atoms with Gasteiger partial charge in [-0.15, -0.1) is 0 Å². The van der Waals surface area contributed by atoms with Gasteiger partial charge >= 0.3 is 0 Å². The van der Waals surface area contributed by atoms with Crippen molar-refractivity contribution < 1.29 is 4.39 Å². The molecule has 0 radical (unpaired) electrons. The Morgan fingerprint density at radius 2 is 2.19 bits per heavy atom. The van der Waals surface area contributed by atoms with Crippen LogP contribution >= 0.6 is 0 Å². The Morgan fingerprint density at radius 1 is 1.50 bits per heavy atom. The summed E-state index contributed by atoms with van der Waals surface area (Å²) in [6, 6.07) is 5.02. The monoisotopic (exact) mass is 222 g/mol. The molecule has 0 unspecified atom stereocenters. The minimum absolute atomic E-state index is 0.175. The highest BCUT2D eigenvalue weighted by Gasteiger charge is 2.06. The Balaban J connectivity index is 2.75. The van der Waals surface area contributed by atoms with Crippen molar-refractivity contribution in [1.82, 2.24) is 4.90 Å². The van der Waals surface area contributed by atoms with Crippen molar-refractivity contribution in [2.75, 3.05) is 13.6 Å². The number of hydrogen-bond donors (Lipinski definition) is 1. The highest BCUT2D eigenvalue weighted by molar-refractivity contribution is 5.25. The van der Waals surface area contributed by atoms with Crippen molar-refractivity contribution in [3.8, 4) is 0 Å². The van der Waals surface area contributed by atoms with E-state index in [1.807, 2.05) is 24.9 Å². The first-order valence-electron chi connectivity index (χ1n) is 5.33. The molecule has 0 aliphatic heterocycles. The zero-order valence-corrected chi connectivity index (χ0v) is 9.96. The topological polar surface area (TPSA) is 29.3 Å². The highest BCUT2D eigenvalue weighted by atomic mass is 19.1. The fraction of sp³-hybridized carbons (Fsp3) is 0.385. The molecule has 88 valence electrons. The molecule has 1 aromatic carbocycles. The number of rotatable bonds is 5. The van der Waals surface area contributed by atoms with Crippen LogP contribution in [0.3, 0.4) is 0 Å². The summed E-state index contributed by atoms with van der Waals surface area (Å²) in [6.45, 7) is 7.59. The third-order valence-corrected chi connectivity index (χ3v) is 2.33. The van der Waals surface area contributed by atoms with E-state index >= 15 is 0 Å². The first-order valence-corrected chi connectivity index (χ1v) is 5.33. The lowest BCUT2D eigenvalue weighted by atomic mass is 10.1. The molecule has 0 aliphatic carbocycles.